The highest BCUT2D eigenvalue weighted by atomic mass is 35.5. The van der Waals surface area contributed by atoms with E-state index in [0.29, 0.717) is 31.6 Å². The van der Waals surface area contributed by atoms with Gasteiger partial charge in [0.05, 0.1) is 26.9 Å². The Balaban J connectivity index is 1.51. The minimum absolute atomic E-state index is 0.0819. The van der Waals surface area contributed by atoms with Crippen LogP contribution in [0.1, 0.15) is 36.5 Å². The third-order valence-electron chi connectivity index (χ3n) is 7.36. The van der Waals surface area contributed by atoms with Crippen LogP contribution in [-0.4, -0.2) is 66.5 Å². The lowest BCUT2D eigenvalue weighted by molar-refractivity contribution is -0.186. The van der Waals surface area contributed by atoms with Gasteiger partial charge in [0.15, 0.2) is 27.3 Å². The molecule has 3 N–H and O–H groups in total. The van der Waals surface area contributed by atoms with E-state index in [2.05, 4.69) is 5.32 Å². The first-order chi connectivity index (χ1) is 17.2. The van der Waals surface area contributed by atoms with Crippen LogP contribution in [0.4, 0.5) is 18.9 Å². The summed E-state index contributed by atoms with van der Waals surface area (Å²) in [6.45, 7) is 2.35. The molecule has 0 aromatic heterocycles. The van der Waals surface area contributed by atoms with Gasteiger partial charge in [-0.1, -0.05) is 11.6 Å². The molecule has 2 aromatic rings. The van der Waals surface area contributed by atoms with Crippen molar-refractivity contribution in [3.63, 3.8) is 0 Å². The summed E-state index contributed by atoms with van der Waals surface area (Å²) >= 11 is 6.21. The molecule has 5 rings (SSSR count). The maximum atomic E-state index is 13.5. The number of amides is 1. The number of aliphatic hydroxyl groups is 2. The van der Waals surface area contributed by atoms with Gasteiger partial charge in [-0.05, 0) is 63.3 Å². The Hall–Kier alpha value is -2.18. The van der Waals surface area contributed by atoms with Gasteiger partial charge in [-0.2, -0.15) is 0 Å². The monoisotopic (exact) mass is 560 g/mol. The molecule has 0 radical (unpaired) electrons. The van der Waals surface area contributed by atoms with Crippen LogP contribution in [0.3, 0.4) is 0 Å². The van der Waals surface area contributed by atoms with E-state index in [0.717, 1.165) is 6.07 Å². The zero-order valence-corrected chi connectivity index (χ0v) is 21.8. The number of nitrogens with one attached hydrogen (secondary N) is 1. The number of sulfone groups is 1. The second kappa shape index (κ2) is 10.2. The van der Waals surface area contributed by atoms with Gasteiger partial charge in [-0.3, -0.25) is 4.79 Å². The summed E-state index contributed by atoms with van der Waals surface area (Å²) in [6.07, 6.45) is 0.582. The minimum atomic E-state index is -3.99. The largest absolute Gasteiger partial charge is 0.392 e. The summed E-state index contributed by atoms with van der Waals surface area (Å²) in [4.78, 5) is 14.2. The van der Waals surface area contributed by atoms with Crippen molar-refractivity contribution in [1.82, 2.24) is 4.90 Å². The molecule has 12 heteroatoms. The summed E-state index contributed by atoms with van der Waals surface area (Å²) in [5.41, 5.74) is -1.50. The average Bonchev–Trinajstić information content (AvgIpc) is 2.81. The fourth-order valence-electron chi connectivity index (χ4n) is 5.59. The fourth-order valence-corrected chi connectivity index (χ4v) is 7.99. The highest BCUT2D eigenvalue weighted by molar-refractivity contribution is 7.92. The van der Waals surface area contributed by atoms with Crippen LogP contribution in [0, 0.1) is 29.3 Å². The van der Waals surface area contributed by atoms with Crippen molar-refractivity contribution < 1.29 is 36.6 Å². The lowest BCUT2D eigenvalue weighted by Crippen LogP contribution is -2.66. The molecule has 3 atom stereocenters. The van der Waals surface area contributed by atoms with Gasteiger partial charge in [0, 0.05) is 36.5 Å². The zero-order chi connectivity index (χ0) is 27.3. The molecule has 37 heavy (non-hydrogen) atoms. The first-order valence-corrected chi connectivity index (χ1v) is 13.7. The van der Waals surface area contributed by atoms with Crippen molar-refractivity contribution in [2.24, 2.45) is 11.8 Å². The molecular weight excluding hydrogens is 533 g/mol. The van der Waals surface area contributed by atoms with Gasteiger partial charge in [-0.25, -0.2) is 21.6 Å². The molecule has 0 heterocycles. The van der Waals surface area contributed by atoms with Gasteiger partial charge in [-0.15, -0.1) is 0 Å². The number of fused-ring (bicyclic) bond motifs is 2. The number of carbonyl (C=O) groups excluding carboxylic acids is 1. The van der Waals surface area contributed by atoms with Crippen molar-refractivity contribution in [2.45, 2.75) is 48.0 Å². The quantitative estimate of drug-likeness (QED) is 0.426. The molecule has 3 fully saturated rings. The first-order valence-electron chi connectivity index (χ1n) is 11.8. The van der Waals surface area contributed by atoms with Gasteiger partial charge in [0.25, 0.3) is 5.91 Å². The first kappa shape index (κ1) is 27.8. The number of benzene rings is 2. The van der Waals surface area contributed by atoms with Crippen LogP contribution in [0.15, 0.2) is 35.2 Å². The Bertz CT molecular complexity index is 1290. The number of rotatable bonds is 8. The molecule has 7 nitrogen and oxygen atoms in total. The molecule has 0 aliphatic heterocycles. The van der Waals surface area contributed by atoms with Crippen LogP contribution in [0.2, 0.25) is 5.02 Å². The number of hydrogen-bond donors (Lipinski definition) is 3. The summed E-state index contributed by atoms with van der Waals surface area (Å²) in [7, 11) is -2.20. The molecule has 1 amide bonds. The molecule has 2 aromatic carbocycles. The molecule has 0 saturated heterocycles. The van der Waals surface area contributed by atoms with E-state index in [1.165, 1.54) is 12.1 Å². The predicted molar refractivity (Wildman–Crippen MR) is 132 cm³/mol. The Morgan fingerprint density at radius 1 is 1.16 bits per heavy atom. The second-order valence-electron chi connectivity index (χ2n) is 10.2. The van der Waals surface area contributed by atoms with Crippen molar-refractivity contribution in [3.8, 4) is 0 Å². The van der Waals surface area contributed by atoms with E-state index >= 15 is 0 Å². The smallest absolute Gasteiger partial charge is 0.255 e. The SMILES string of the molecule is CC(O)CN(C)CC1(O)C2CC1CC(S(=O)(=O)c1cc(C(=O)Nc3cc(F)c(F)c(F)c3)ccc1Cl)C2. The molecule has 3 aliphatic rings. The van der Waals surface area contributed by atoms with Crippen LogP contribution in [-0.2, 0) is 9.84 Å². The number of hydrogen-bond acceptors (Lipinski definition) is 6. The van der Waals surface area contributed by atoms with Gasteiger partial charge >= 0.3 is 0 Å². The number of halogens is 4. The summed E-state index contributed by atoms with van der Waals surface area (Å²) in [5, 5.41) is 22.2. The third kappa shape index (κ3) is 5.37. The number of carbonyl (C=O) groups is 1. The minimum Gasteiger partial charge on any atom is -0.392 e. The van der Waals surface area contributed by atoms with Gasteiger partial charge < -0.3 is 20.4 Å². The maximum Gasteiger partial charge on any atom is 0.255 e. The van der Waals surface area contributed by atoms with Crippen LogP contribution in [0.5, 0.6) is 0 Å². The number of likely N-dealkylation sites (N-methyl/N-ethyl adjacent to an activating group) is 1. The van der Waals surface area contributed by atoms with E-state index in [1.807, 2.05) is 4.90 Å². The van der Waals surface area contributed by atoms with Crippen molar-refractivity contribution in [3.05, 3.63) is 58.4 Å². The molecule has 3 aliphatic carbocycles. The number of anilines is 1. The Labute approximate surface area is 218 Å². The molecule has 202 valence electrons. The van der Waals surface area contributed by atoms with E-state index in [9.17, 15) is 36.6 Å². The van der Waals surface area contributed by atoms with Crippen LogP contribution < -0.4 is 5.32 Å². The lowest BCUT2D eigenvalue weighted by Gasteiger charge is -2.59. The molecule has 3 saturated carbocycles. The Morgan fingerprint density at radius 3 is 2.32 bits per heavy atom. The van der Waals surface area contributed by atoms with Crippen LogP contribution in [0.25, 0.3) is 0 Å². The number of aliphatic hydroxyl groups excluding tert-OH is 1. The number of nitrogens with zero attached hydrogens (tertiary/aromatic N) is 1. The summed E-state index contributed by atoms with van der Waals surface area (Å²) in [5.74, 6) is -5.98. The standard InChI is InChI=1S/C25H28ClF3N2O5S/c1-13(32)11-31(2)12-25(34)15-6-16(25)8-18(7-15)37(35,36)22-5-14(3-4-19(22)26)24(33)30-17-9-20(27)23(29)21(28)10-17/h3-5,9-10,13,15-16,18,32,34H,6-8,11-12H2,1-2H3,(H,30,33). The molecular formula is C25H28ClF3N2O5S. The molecule has 3 unspecified atom stereocenters. The highest BCUT2D eigenvalue weighted by Crippen LogP contribution is 2.56. The summed E-state index contributed by atoms with van der Waals surface area (Å²) < 4.78 is 67.2. The van der Waals surface area contributed by atoms with E-state index in [-0.39, 0.29) is 45.8 Å². The molecule has 2 bridgehead atoms. The predicted octanol–water partition coefficient (Wildman–Crippen LogP) is 3.63. The van der Waals surface area contributed by atoms with Gasteiger partial charge in [0.2, 0.25) is 0 Å². The van der Waals surface area contributed by atoms with E-state index < -0.39 is 50.2 Å². The second-order valence-corrected chi connectivity index (χ2v) is 12.8. The van der Waals surface area contributed by atoms with Crippen molar-refractivity contribution in [1.29, 1.82) is 0 Å². The zero-order valence-electron chi connectivity index (χ0n) is 20.2. The maximum absolute atomic E-state index is 13.5. The van der Waals surface area contributed by atoms with Crippen LogP contribution >= 0.6 is 11.6 Å². The highest BCUT2D eigenvalue weighted by Gasteiger charge is 2.60. The normalized spacial score (nSPS) is 26.0. The summed E-state index contributed by atoms with van der Waals surface area (Å²) in [6, 6.07) is 4.84. The average molecular weight is 561 g/mol. The van der Waals surface area contributed by atoms with Crippen molar-refractivity contribution >= 4 is 33.0 Å². The topological polar surface area (TPSA) is 107 Å². The van der Waals surface area contributed by atoms with E-state index in [1.54, 1.807) is 14.0 Å². The third-order valence-corrected chi connectivity index (χ3v) is 10.0. The lowest BCUT2D eigenvalue weighted by atomic mass is 9.53. The van der Waals surface area contributed by atoms with E-state index in [4.69, 9.17) is 11.6 Å². The Morgan fingerprint density at radius 2 is 1.76 bits per heavy atom. The fraction of sp³-hybridized carbons (Fsp3) is 0.480. The van der Waals surface area contributed by atoms with Crippen molar-refractivity contribution in [2.75, 3.05) is 25.5 Å². The van der Waals surface area contributed by atoms with Gasteiger partial charge in [0.1, 0.15) is 0 Å². The molecule has 0 spiro atoms. The Kier molecular flexibility index (Phi) is 7.66.